The van der Waals surface area contributed by atoms with Gasteiger partial charge in [0.25, 0.3) is 0 Å². The Morgan fingerprint density at radius 3 is 2.59 bits per heavy atom. The van der Waals surface area contributed by atoms with Crippen LogP contribution in [0.15, 0.2) is 0 Å². The van der Waals surface area contributed by atoms with Gasteiger partial charge in [0.15, 0.2) is 9.84 Å². The van der Waals surface area contributed by atoms with Gasteiger partial charge in [0.2, 0.25) is 5.91 Å². The van der Waals surface area contributed by atoms with Gasteiger partial charge in [0, 0.05) is 45.2 Å². The summed E-state index contributed by atoms with van der Waals surface area (Å²) >= 11 is 0. The van der Waals surface area contributed by atoms with Crippen molar-refractivity contribution in [3.8, 4) is 0 Å². The Labute approximate surface area is 102 Å². The lowest BCUT2D eigenvalue weighted by molar-refractivity contribution is -0.132. The molecule has 98 valence electrons. The number of carbonyl (C=O) groups is 1. The summed E-state index contributed by atoms with van der Waals surface area (Å²) in [4.78, 5) is 13.7. The van der Waals surface area contributed by atoms with Crippen LogP contribution in [0, 0.1) is 0 Å². The van der Waals surface area contributed by atoms with Crippen molar-refractivity contribution in [3.05, 3.63) is 0 Å². The van der Waals surface area contributed by atoms with Gasteiger partial charge >= 0.3 is 0 Å². The van der Waals surface area contributed by atoms with Crippen LogP contribution in [0.5, 0.6) is 0 Å². The molecule has 0 bridgehead atoms. The average molecular weight is 261 g/mol. The highest BCUT2D eigenvalue weighted by molar-refractivity contribution is 7.91. The van der Waals surface area contributed by atoms with Crippen molar-refractivity contribution >= 4 is 15.7 Å². The van der Waals surface area contributed by atoms with E-state index < -0.39 is 9.84 Å². The summed E-state index contributed by atoms with van der Waals surface area (Å²) in [6.45, 7) is 3.54. The molecule has 0 aromatic carbocycles. The molecule has 2 aliphatic heterocycles. The van der Waals surface area contributed by atoms with Gasteiger partial charge in [-0.3, -0.25) is 4.79 Å². The van der Waals surface area contributed by atoms with Crippen molar-refractivity contribution in [2.24, 2.45) is 0 Å². The smallest absolute Gasteiger partial charge is 0.224 e. The van der Waals surface area contributed by atoms with Gasteiger partial charge in [-0.15, -0.1) is 0 Å². The summed E-state index contributed by atoms with van der Waals surface area (Å²) in [5.74, 6) is 0.331. The van der Waals surface area contributed by atoms with Crippen molar-refractivity contribution in [1.82, 2.24) is 15.5 Å². The van der Waals surface area contributed by atoms with Crippen molar-refractivity contribution in [1.29, 1.82) is 0 Å². The lowest BCUT2D eigenvalue weighted by atomic mass is 10.2. The highest BCUT2D eigenvalue weighted by atomic mass is 32.2. The number of sulfone groups is 1. The number of hydrogen-bond donors (Lipinski definition) is 2. The second-order valence-electron chi connectivity index (χ2n) is 4.60. The molecule has 2 fully saturated rings. The molecule has 1 atom stereocenters. The van der Waals surface area contributed by atoms with Crippen molar-refractivity contribution in [3.63, 3.8) is 0 Å². The van der Waals surface area contributed by atoms with E-state index in [1.165, 1.54) is 0 Å². The zero-order valence-corrected chi connectivity index (χ0v) is 10.6. The van der Waals surface area contributed by atoms with E-state index in [9.17, 15) is 13.2 Å². The van der Waals surface area contributed by atoms with Crippen LogP contribution < -0.4 is 10.6 Å². The van der Waals surface area contributed by atoms with E-state index in [4.69, 9.17) is 0 Å². The molecule has 2 aliphatic rings. The molecule has 1 unspecified atom stereocenters. The standard InChI is InChI=1S/C10H19N3O3S/c14-10(13-4-1-11-2-5-13)7-9-8-17(15,16)6-3-12-9/h9,11-12H,1-8H2. The second kappa shape index (κ2) is 5.32. The molecule has 7 heteroatoms. The number of rotatable bonds is 2. The molecule has 0 aromatic rings. The van der Waals surface area contributed by atoms with E-state index in [0.717, 1.165) is 26.2 Å². The van der Waals surface area contributed by atoms with Crippen molar-refractivity contribution < 1.29 is 13.2 Å². The Bertz CT molecular complexity index is 376. The maximum Gasteiger partial charge on any atom is 0.224 e. The summed E-state index contributed by atoms with van der Waals surface area (Å²) < 4.78 is 22.9. The zero-order valence-electron chi connectivity index (χ0n) is 9.81. The van der Waals surface area contributed by atoms with E-state index in [2.05, 4.69) is 10.6 Å². The van der Waals surface area contributed by atoms with E-state index in [1.54, 1.807) is 4.90 Å². The summed E-state index contributed by atoms with van der Waals surface area (Å²) in [6.07, 6.45) is 0.291. The molecule has 0 radical (unpaired) electrons. The van der Waals surface area contributed by atoms with Crippen molar-refractivity contribution in [2.45, 2.75) is 12.5 Å². The summed E-state index contributed by atoms with van der Waals surface area (Å²) in [6, 6.07) is -0.212. The van der Waals surface area contributed by atoms with Gasteiger partial charge in [0.05, 0.1) is 11.5 Å². The Hall–Kier alpha value is -0.660. The summed E-state index contributed by atoms with van der Waals surface area (Å²) in [7, 11) is -2.95. The van der Waals surface area contributed by atoms with Crippen LogP contribution in [0.1, 0.15) is 6.42 Å². The van der Waals surface area contributed by atoms with Crippen LogP contribution in [0.2, 0.25) is 0 Å². The quantitative estimate of drug-likeness (QED) is 0.613. The molecule has 1 amide bonds. The lowest BCUT2D eigenvalue weighted by Crippen LogP contribution is -2.51. The van der Waals surface area contributed by atoms with Crippen LogP contribution in [-0.4, -0.2) is 69.5 Å². The summed E-state index contributed by atoms with van der Waals surface area (Å²) in [5.41, 5.74) is 0. The third kappa shape index (κ3) is 3.65. The predicted octanol–water partition coefficient (Wildman–Crippen LogP) is -1.81. The maximum atomic E-state index is 11.9. The highest BCUT2D eigenvalue weighted by Gasteiger charge is 2.27. The third-order valence-corrected chi connectivity index (χ3v) is 4.93. The molecule has 0 saturated carbocycles. The van der Waals surface area contributed by atoms with Gasteiger partial charge in [-0.25, -0.2) is 8.42 Å². The van der Waals surface area contributed by atoms with Gasteiger partial charge in [-0.05, 0) is 0 Å². The number of carbonyl (C=O) groups excluding carboxylic acids is 1. The number of nitrogens with zero attached hydrogens (tertiary/aromatic N) is 1. The summed E-state index contributed by atoms with van der Waals surface area (Å²) in [5, 5.41) is 6.28. The molecule has 2 rings (SSSR count). The van der Waals surface area contributed by atoms with Crippen LogP contribution in [0.25, 0.3) is 0 Å². The highest BCUT2D eigenvalue weighted by Crippen LogP contribution is 2.07. The van der Waals surface area contributed by atoms with E-state index >= 15 is 0 Å². The number of piperazine rings is 1. The first kappa shape index (κ1) is 12.8. The normalized spacial score (nSPS) is 28.9. The van der Waals surface area contributed by atoms with Crippen LogP contribution >= 0.6 is 0 Å². The predicted molar refractivity (Wildman–Crippen MR) is 64.5 cm³/mol. The monoisotopic (exact) mass is 261 g/mol. The fraction of sp³-hybridized carbons (Fsp3) is 0.900. The molecule has 0 aromatic heterocycles. The number of amides is 1. The van der Waals surface area contributed by atoms with Crippen LogP contribution in [0.4, 0.5) is 0 Å². The first-order valence-corrected chi connectivity index (χ1v) is 7.81. The molecule has 2 heterocycles. The molecular formula is C10H19N3O3S. The minimum Gasteiger partial charge on any atom is -0.340 e. The molecule has 0 aliphatic carbocycles. The molecule has 6 nitrogen and oxygen atoms in total. The Balaban J connectivity index is 1.85. The van der Waals surface area contributed by atoms with Crippen molar-refractivity contribution in [2.75, 3.05) is 44.2 Å². The van der Waals surface area contributed by atoms with Gasteiger partial charge in [-0.2, -0.15) is 0 Å². The average Bonchev–Trinajstić information content (AvgIpc) is 2.29. The first-order chi connectivity index (χ1) is 8.07. The minimum absolute atomic E-state index is 0.0566. The third-order valence-electron chi connectivity index (χ3n) is 3.19. The fourth-order valence-corrected chi connectivity index (χ4v) is 3.70. The molecule has 2 saturated heterocycles. The SMILES string of the molecule is O=C(CC1CS(=O)(=O)CCN1)N1CCNCC1. The van der Waals surface area contributed by atoms with Gasteiger partial charge in [-0.1, -0.05) is 0 Å². The molecule has 2 N–H and O–H groups in total. The van der Waals surface area contributed by atoms with E-state index in [1.807, 2.05) is 0 Å². The molecular weight excluding hydrogens is 242 g/mol. The fourth-order valence-electron chi connectivity index (χ4n) is 2.25. The topological polar surface area (TPSA) is 78.5 Å². The Kier molecular flexibility index (Phi) is 4.01. The second-order valence-corrected chi connectivity index (χ2v) is 6.83. The van der Waals surface area contributed by atoms with E-state index in [0.29, 0.717) is 13.0 Å². The largest absolute Gasteiger partial charge is 0.340 e. The maximum absolute atomic E-state index is 11.9. The number of hydrogen-bond acceptors (Lipinski definition) is 5. The molecule has 17 heavy (non-hydrogen) atoms. The first-order valence-electron chi connectivity index (χ1n) is 5.99. The van der Waals surface area contributed by atoms with Gasteiger partial charge in [0.1, 0.15) is 0 Å². The number of nitrogens with one attached hydrogen (secondary N) is 2. The lowest BCUT2D eigenvalue weighted by Gasteiger charge is -2.30. The van der Waals surface area contributed by atoms with Crippen LogP contribution in [-0.2, 0) is 14.6 Å². The zero-order chi connectivity index (χ0) is 12.3. The Morgan fingerprint density at radius 2 is 1.94 bits per heavy atom. The molecule has 0 spiro atoms. The van der Waals surface area contributed by atoms with E-state index in [-0.39, 0.29) is 23.5 Å². The minimum atomic E-state index is -2.95. The Morgan fingerprint density at radius 1 is 1.24 bits per heavy atom. The van der Waals surface area contributed by atoms with Gasteiger partial charge < -0.3 is 15.5 Å². The van der Waals surface area contributed by atoms with Crippen LogP contribution in [0.3, 0.4) is 0 Å².